The predicted octanol–water partition coefficient (Wildman–Crippen LogP) is 1.97. The summed E-state index contributed by atoms with van der Waals surface area (Å²) in [5.41, 5.74) is 0.127. The van der Waals surface area contributed by atoms with E-state index in [2.05, 4.69) is 17.6 Å². The predicted molar refractivity (Wildman–Crippen MR) is 67.7 cm³/mol. The highest BCUT2D eigenvalue weighted by Crippen LogP contribution is 2.35. The number of amides is 1. The molecule has 3 rings (SSSR count). The third kappa shape index (κ3) is 2.49. The van der Waals surface area contributed by atoms with Crippen molar-refractivity contribution in [3.8, 4) is 0 Å². The van der Waals surface area contributed by atoms with Gasteiger partial charge >= 0.3 is 0 Å². The number of piperidine rings is 1. The highest BCUT2D eigenvalue weighted by Gasteiger charge is 2.41. The van der Waals surface area contributed by atoms with Crippen molar-refractivity contribution < 1.29 is 4.79 Å². The van der Waals surface area contributed by atoms with E-state index in [-0.39, 0.29) is 17.5 Å². The van der Waals surface area contributed by atoms with Gasteiger partial charge in [0.25, 0.3) is 0 Å². The molecule has 1 amide bonds. The summed E-state index contributed by atoms with van der Waals surface area (Å²) in [5, 5.41) is 6.79. The molecule has 1 aliphatic heterocycles. The molecule has 0 aromatic carbocycles. The molecular formula is C14H24N2O. The van der Waals surface area contributed by atoms with Gasteiger partial charge in [-0.15, -0.1) is 0 Å². The van der Waals surface area contributed by atoms with Gasteiger partial charge < -0.3 is 10.6 Å². The van der Waals surface area contributed by atoms with E-state index >= 15 is 0 Å². The van der Waals surface area contributed by atoms with Gasteiger partial charge in [-0.25, -0.2) is 0 Å². The largest absolute Gasteiger partial charge is 0.350 e. The van der Waals surface area contributed by atoms with Gasteiger partial charge in [0.15, 0.2) is 0 Å². The van der Waals surface area contributed by atoms with Crippen molar-refractivity contribution in [2.24, 2.45) is 5.92 Å². The molecule has 0 bridgehead atoms. The molecule has 0 aromatic rings. The van der Waals surface area contributed by atoms with Crippen LogP contribution in [0.3, 0.4) is 0 Å². The van der Waals surface area contributed by atoms with E-state index in [4.69, 9.17) is 0 Å². The summed E-state index contributed by atoms with van der Waals surface area (Å²) in [6, 6.07) is 0.687. The fraction of sp³-hybridized carbons (Fsp3) is 0.929. The number of carbonyl (C=O) groups is 1. The van der Waals surface area contributed by atoms with E-state index in [0.717, 1.165) is 25.2 Å². The minimum atomic E-state index is 0.0757. The third-order valence-electron chi connectivity index (χ3n) is 4.89. The van der Waals surface area contributed by atoms with Crippen LogP contribution in [-0.2, 0) is 4.79 Å². The smallest absolute Gasteiger partial charge is 0.237 e. The molecule has 2 N–H and O–H groups in total. The number of hydrogen-bond donors (Lipinski definition) is 2. The van der Waals surface area contributed by atoms with E-state index in [1.54, 1.807) is 0 Å². The summed E-state index contributed by atoms with van der Waals surface area (Å²) in [6.07, 6.45) is 9.93. The Labute approximate surface area is 104 Å². The summed E-state index contributed by atoms with van der Waals surface area (Å²) < 4.78 is 0. The topological polar surface area (TPSA) is 41.1 Å². The zero-order valence-electron chi connectivity index (χ0n) is 10.8. The van der Waals surface area contributed by atoms with Crippen molar-refractivity contribution in [2.75, 3.05) is 0 Å². The van der Waals surface area contributed by atoms with Gasteiger partial charge in [-0.05, 0) is 51.4 Å². The van der Waals surface area contributed by atoms with Crippen LogP contribution in [0.5, 0.6) is 0 Å². The van der Waals surface area contributed by atoms with Gasteiger partial charge in [-0.1, -0.05) is 12.8 Å². The molecule has 0 spiro atoms. The molecule has 3 unspecified atom stereocenters. The Kier molecular flexibility index (Phi) is 2.89. The van der Waals surface area contributed by atoms with Crippen LogP contribution in [0.4, 0.5) is 0 Å². The molecule has 3 nitrogen and oxygen atoms in total. The van der Waals surface area contributed by atoms with E-state index in [0.29, 0.717) is 6.04 Å². The Morgan fingerprint density at radius 1 is 1.18 bits per heavy atom. The standard InChI is InChI=1S/C14H24N2O/c1-14(8-9-14)16-13(17)12-7-6-10-4-2-3-5-11(10)15-12/h10-12,15H,2-9H2,1H3,(H,16,17). The number of hydrogen-bond acceptors (Lipinski definition) is 2. The van der Waals surface area contributed by atoms with Gasteiger partial charge in [0.1, 0.15) is 0 Å². The van der Waals surface area contributed by atoms with Crippen LogP contribution in [0.15, 0.2) is 0 Å². The van der Waals surface area contributed by atoms with Crippen LogP contribution in [-0.4, -0.2) is 23.5 Å². The summed E-state index contributed by atoms with van der Waals surface area (Å²) >= 11 is 0. The van der Waals surface area contributed by atoms with Gasteiger partial charge in [-0.3, -0.25) is 4.79 Å². The highest BCUT2D eigenvalue weighted by molar-refractivity contribution is 5.83. The second-order valence-electron chi connectivity index (χ2n) is 6.50. The molecule has 3 fully saturated rings. The maximum absolute atomic E-state index is 12.2. The summed E-state index contributed by atoms with van der Waals surface area (Å²) in [5.74, 6) is 1.08. The SMILES string of the molecule is CC1(NC(=O)C2CCC3CCCCC3N2)CC1. The van der Waals surface area contributed by atoms with Crippen molar-refractivity contribution in [2.45, 2.75) is 75.9 Å². The second-order valence-corrected chi connectivity index (χ2v) is 6.50. The summed E-state index contributed by atoms with van der Waals surface area (Å²) in [6.45, 7) is 2.15. The van der Waals surface area contributed by atoms with Crippen molar-refractivity contribution >= 4 is 5.91 Å². The first-order chi connectivity index (χ1) is 8.16. The quantitative estimate of drug-likeness (QED) is 0.769. The normalized spacial score (nSPS) is 39.2. The third-order valence-corrected chi connectivity index (χ3v) is 4.89. The molecule has 3 aliphatic rings. The zero-order chi connectivity index (χ0) is 11.9. The number of rotatable bonds is 2. The van der Waals surface area contributed by atoms with Crippen molar-refractivity contribution in [3.05, 3.63) is 0 Å². The van der Waals surface area contributed by atoms with E-state index in [1.807, 2.05) is 0 Å². The average molecular weight is 236 g/mol. The first-order valence-electron chi connectivity index (χ1n) is 7.24. The molecule has 1 saturated heterocycles. The lowest BCUT2D eigenvalue weighted by molar-refractivity contribution is -0.125. The van der Waals surface area contributed by atoms with Gasteiger partial charge in [0, 0.05) is 11.6 Å². The van der Waals surface area contributed by atoms with Crippen LogP contribution >= 0.6 is 0 Å². The fourth-order valence-corrected chi connectivity index (χ4v) is 3.40. The summed E-state index contributed by atoms with van der Waals surface area (Å²) in [7, 11) is 0. The molecule has 3 atom stereocenters. The maximum atomic E-state index is 12.2. The molecule has 0 radical (unpaired) electrons. The first kappa shape index (κ1) is 11.5. The van der Waals surface area contributed by atoms with Crippen molar-refractivity contribution in [3.63, 3.8) is 0 Å². The Balaban J connectivity index is 1.56. The number of nitrogens with one attached hydrogen (secondary N) is 2. The van der Waals surface area contributed by atoms with Crippen LogP contribution in [0.25, 0.3) is 0 Å². The van der Waals surface area contributed by atoms with Crippen molar-refractivity contribution in [1.82, 2.24) is 10.6 Å². The van der Waals surface area contributed by atoms with E-state index in [1.165, 1.54) is 32.1 Å². The second kappa shape index (κ2) is 4.27. The van der Waals surface area contributed by atoms with E-state index in [9.17, 15) is 4.79 Å². The van der Waals surface area contributed by atoms with Crippen LogP contribution < -0.4 is 10.6 Å². The minimum Gasteiger partial charge on any atom is -0.350 e. The Morgan fingerprint density at radius 2 is 1.94 bits per heavy atom. The molecular weight excluding hydrogens is 212 g/mol. The zero-order valence-corrected chi connectivity index (χ0v) is 10.8. The molecule has 3 heteroatoms. The lowest BCUT2D eigenvalue weighted by Gasteiger charge is -2.40. The van der Waals surface area contributed by atoms with Gasteiger partial charge in [-0.2, -0.15) is 0 Å². The van der Waals surface area contributed by atoms with Gasteiger partial charge in [0.05, 0.1) is 6.04 Å². The lowest BCUT2D eigenvalue weighted by atomic mass is 9.77. The molecule has 17 heavy (non-hydrogen) atoms. The molecule has 0 aromatic heterocycles. The van der Waals surface area contributed by atoms with Gasteiger partial charge in [0.2, 0.25) is 5.91 Å². The molecule has 2 saturated carbocycles. The fourth-order valence-electron chi connectivity index (χ4n) is 3.40. The number of carbonyl (C=O) groups excluding carboxylic acids is 1. The average Bonchev–Trinajstić information content (AvgIpc) is 3.06. The monoisotopic (exact) mass is 236 g/mol. The van der Waals surface area contributed by atoms with E-state index < -0.39 is 0 Å². The highest BCUT2D eigenvalue weighted by atomic mass is 16.2. The minimum absolute atomic E-state index is 0.0757. The lowest BCUT2D eigenvalue weighted by Crippen LogP contribution is -2.56. The Morgan fingerprint density at radius 3 is 2.71 bits per heavy atom. The summed E-state index contributed by atoms with van der Waals surface area (Å²) in [4.78, 5) is 12.2. The Bertz CT molecular complexity index is 311. The van der Waals surface area contributed by atoms with Crippen LogP contribution in [0.2, 0.25) is 0 Å². The molecule has 2 aliphatic carbocycles. The molecule has 96 valence electrons. The molecule has 1 heterocycles. The maximum Gasteiger partial charge on any atom is 0.237 e. The Hall–Kier alpha value is -0.570. The van der Waals surface area contributed by atoms with Crippen LogP contribution in [0.1, 0.15) is 58.3 Å². The number of fused-ring (bicyclic) bond motifs is 1. The van der Waals surface area contributed by atoms with Crippen molar-refractivity contribution in [1.29, 1.82) is 0 Å². The van der Waals surface area contributed by atoms with Crippen LogP contribution in [0, 0.1) is 5.92 Å². The first-order valence-corrected chi connectivity index (χ1v) is 7.24.